The molecule has 0 aliphatic carbocycles. The van der Waals surface area contributed by atoms with Crippen molar-refractivity contribution in [1.82, 2.24) is 9.80 Å². The van der Waals surface area contributed by atoms with Crippen LogP contribution in [0.3, 0.4) is 0 Å². The van der Waals surface area contributed by atoms with E-state index < -0.39 is 0 Å². The Balaban J connectivity index is 0.00000200. The summed E-state index contributed by atoms with van der Waals surface area (Å²) in [4.78, 5) is 16.8. The fraction of sp³-hybridized carbons (Fsp3) is 0.933. The molecular formula is C15H31Cl2N3O. The van der Waals surface area contributed by atoms with E-state index >= 15 is 0 Å². The van der Waals surface area contributed by atoms with Crippen molar-refractivity contribution in [1.29, 1.82) is 0 Å². The van der Waals surface area contributed by atoms with Crippen molar-refractivity contribution in [2.24, 2.45) is 11.7 Å². The molecule has 2 aliphatic rings. The number of rotatable bonds is 3. The highest BCUT2D eigenvalue weighted by molar-refractivity contribution is 5.85. The Labute approximate surface area is 141 Å². The lowest BCUT2D eigenvalue weighted by atomic mass is 9.98. The van der Waals surface area contributed by atoms with Gasteiger partial charge in [-0.1, -0.05) is 20.3 Å². The van der Waals surface area contributed by atoms with Crippen LogP contribution in [0.4, 0.5) is 0 Å². The molecule has 2 rings (SSSR count). The first-order valence-corrected chi connectivity index (χ1v) is 7.88. The summed E-state index contributed by atoms with van der Waals surface area (Å²) in [6, 6.07) is 0.367. The topological polar surface area (TPSA) is 49.6 Å². The molecule has 4 nitrogen and oxygen atoms in total. The van der Waals surface area contributed by atoms with Crippen LogP contribution < -0.4 is 5.73 Å². The van der Waals surface area contributed by atoms with Gasteiger partial charge in [0, 0.05) is 19.1 Å². The molecule has 6 heteroatoms. The average Bonchev–Trinajstić information content (AvgIpc) is 2.46. The van der Waals surface area contributed by atoms with Crippen molar-refractivity contribution in [3.8, 4) is 0 Å². The Kier molecular flexibility index (Phi) is 9.87. The van der Waals surface area contributed by atoms with Crippen molar-refractivity contribution in [2.75, 3.05) is 26.2 Å². The van der Waals surface area contributed by atoms with Crippen molar-refractivity contribution in [3.63, 3.8) is 0 Å². The normalized spacial score (nSPS) is 22.4. The molecule has 0 bridgehead atoms. The largest absolute Gasteiger partial charge is 0.341 e. The van der Waals surface area contributed by atoms with E-state index in [-0.39, 0.29) is 42.7 Å². The average molecular weight is 340 g/mol. The second kappa shape index (κ2) is 9.88. The van der Waals surface area contributed by atoms with Crippen LogP contribution >= 0.6 is 24.8 Å². The molecule has 126 valence electrons. The Morgan fingerprint density at radius 2 is 1.52 bits per heavy atom. The number of halogens is 2. The van der Waals surface area contributed by atoms with Crippen LogP contribution in [0.15, 0.2) is 0 Å². The van der Waals surface area contributed by atoms with E-state index in [1.165, 1.54) is 32.4 Å². The summed E-state index contributed by atoms with van der Waals surface area (Å²) >= 11 is 0. The highest BCUT2D eigenvalue weighted by Gasteiger charge is 2.30. The molecule has 21 heavy (non-hydrogen) atoms. The van der Waals surface area contributed by atoms with Gasteiger partial charge in [-0.25, -0.2) is 0 Å². The van der Waals surface area contributed by atoms with Gasteiger partial charge in [0.1, 0.15) is 0 Å². The third-order valence-corrected chi connectivity index (χ3v) is 4.69. The second-order valence-corrected chi connectivity index (χ2v) is 6.42. The highest BCUT2D eigenvalue weighted by atomic mass is 35.5. The zero-order valence-electron chi connectivity index (χ0n) is 13.3. The maximum atomic E-state index is 12.2. The first-order chi connectivity index (χ1) is 9.09. The number of piperidine rings is 2. The maximum Gasteiger partial charge on any atom is 0.239 e. The summed E-state index contributed by atoms with van der Waals surface area (Å²) in [5.41, 5.74) is 5.97. The van der Waals surface area contributed by atoms with E-state index in [2.05, 4.69) is 4.90 Å². The molecule has 0 radical (unpaired) electrons. The van der Waals surface area contributed by atoms with E-state index in [4.69, 9.17) is 5.73 Å². The predicted molar refractivity (Wildman–Crippen MR) is 92.3 cm³/mol. The molecule has 2 heterocycles. The molecule has 0 unspecified atom stereocenters. The summed E-state index contributed by atoms with van der Waals surface area (Å²) in [5, 5.41) is 0. The van der Waals surface area contributed by atoms with E-state index in [9.17, 15) is 4.79 Å². The van der Waals surface area contributed by atoms with Gasteiger partial charge >= 0.3 is 0 Å². The minimum atomic E-state index is -0.327. The Morgan fingerprint density at radius 3 is 2.00 bits per heavy atom. The number of amides is 1. The number of carbonyl (C=O) groups is 1. The van der Waals surface area contributed by atoms with Gasteiger partial charge in [-0.15, -0.1) is 24.8 Å². The second-order valence-electron chi connectivity index (χ2n) is 6.42. The zero-order valence-corrected chi connectivity index (χ0v) is 14.9. The fourth-order valence-corrected chi connectivity index (χ4v) is 3.23. The van der Waals surface area contributed by atoms with Crippen molar-refractivity contribution in [2.45, 2.75) is 58.0 Å². The lowest BCUT2D eigenvalue weighted by molar-refractivity contribution is -0.135. The molecule has 0 aromatic carbocycles. The van der Waals surface area contributed by atoms with Gasteiger partial charge in [0.05, 0.1) is 6.04 Å². The van der Waals surface area contributed by atoms with Crippen LogP contribution in [0.5, 0.6) is 0 Å². The minimum Gasteiger partial charge on any atom is -0.341 e. The standard InChI is InChI=1S/C15H29N3O.2ClH/c1-12(2)14(16)15(19)18-10-6-13(7-11-18)17-8-4-3-5-9-17;;/h12-14H,3-11,16H2,1-2H3;2*1H/t14-;;/m1../s1. The van der Waals surface area contributed by atoms with E-state index in [0.29, 0.717) is 6.04 Å². The van der Waals surface area contributed by atoms with Gasteiger partial charge in [0.2, 0.25) is 5.91 Å². The van der Waals surface area contributed by atoms with Gasteiger partial charge in [0.25, 0.3) is 0 Å². The van der Waals surface area contributed by atoms with Crippen LogP contribution in [0.1, 0.15) is 46.0 Å². The quantitative estimate of drug-likeness (QED) is 0.858. The van der Waals surface area contributed by atoms with Crippen LogP contribution in [0.2, 0.25) is 0 Å². The van der Waals surface area contributed by atoms with Gasteiger partial charge in [-0.05, 0) is 44.7 Å². The molecular weight excluding hydrogens is 309 g/mol. The van der Waals surface area contributed by atoms with Crippen molar-refractivity contribution in [3.05, 3.63) is 0 Å². The van der Waals surface area contributed by atoms with E-state index in [0.717, 1.165) is 25.9 Å². The van der Waals surface area contributed by atoms with Crippen molar-refractivity contribution < 1.29 is 4.79 Å². The van der Waals surface area contributed by atoms with E-state index in [1.807, 2.05) is 18.7 Å². The van der Waals surface area contributed by atoms with Crippen molar-refractivity contribution >= 4 is 30.7 Å². The molecule has 0 aromatic heterocycles. The third-order valence-electron chi connectivity index (χ3n) is 4.69. The summed E-state index contributed by atoms with van der Waals surface area (Å²) in [6.45, 7) is 8.32. The van der Waals surface area contributed by atoms with Gasteiger partial charge in [-0.3, -0.25) is 4.79 Å². The zero-order chi connectivity index (χ0) is 13.8. The smallest absolute Gasteiger partial charge is 0.239 e. The fourth-order valence-electron chi connectivity index (χ4n) is 3.23. The van der Waals surface area contributed by atoms with Crippen LogP contribution in [0.25, 0.3) is 0 Å². The molecule has 1 atom stereocenters. The molecule has 0 saturated carbocycles. The maximum absolute atomic E-state index is 12.2. The van der Waals surface area contributed by atoms with Gasteiger partial charge < -0.3 is 15.5 Å². The molecule has 2 N–H and O–H groups in total. The number of hydrogen-bond donors (Lipinski definition) is 1. The first-order valence-electron chi connectivity index (χ1n) is 7.88. The monoisotopic (exact) mass is 339 g/mol. The SMILES string of the molecule is CC(C)[C@@H](N)C(=O)N1CCC(N2CCCCC2)CC1.Cl.Cl. The van der Waals surface area contributed by atoms with Crippen LogP contribution in [0, 0.1) is 5.92 Å². The lowest BCUT2D eigenvalue weighted by Gasteiger charge is -2.41. The molecule has 2 aliphatic heterocycles. The number of nitrogens with zero attached hydrogens (tertiary/aromatic N) is 2. The third kappa shape index (κ3) is 5.59. The molecule has 2 fully saturated rings. The first kappa shape index (κ1) is 21.0. The van der Waals surface area contributed by atoms with E-state index in [1.54, 1.807) is 0 Å². The highest BCUT2D eigenvalue weighted by Crippen LogP contribution is 2.21. The van der Waals surface area contributed by atoms with Gasteiger partial charge in [-0.2, -0.15) is 0 Å². The lowest BCUT2D eigenvalue weighted by Crippen LogP contribution is -2.52. The Bertz CT molecular complexity index is 301. The summed E-state index contributed by atoms with van der Waals surface area (Å²) in [7, 11) is 0. The predicted octanol–water partition coefficient (Wildman–Crippen LogP) is 2.29. The van der Waals surface area contributed by atoms with Crippen LogP contribution in [-0.4, -0.2) is 54.0 Å². The Morgan fingerprint density at radius 1 is 1.00 bits per heavy atom. The van der Waals surface area contributed by atoms with Crippen LogP contribution in [-0.2, 0) is 4.79 Å². The molecule has 0 aromatic rings. The number of carbonyl (C=O) groups excluding carboxylic acids is 1. The minimum absolute atomic E-state index is 0. The summed E-state index contributed by atoms with van der Waals surface area (Å²) < 4.78 is 0. The number of likely N-dealkylation sites (tertiary alicyclic amines) is 2. The number of hydrogen-bond acceptors (Lipinski definition) is 3. The number of nitrogens with two attached hydrogens (primary N) is 1. The molecule has 2 saturated heterocycles. The van der Waals surface area contributed by atoms with Gasteiger partial charge in [0.15, 0.2) is 0 Å². The molecule has 1 amide bonds. The molecule has 0 spiro atoms. The summed E-state index contributed by atoms with van der Waals surface area (Å²) in [5.74, 6) is 0.374. The summed E-state index contributed by atoms with van der Waals surface area (Å²) in [6.07, 6.45) is 6.32. The Hall–Kier alpha value is -0.0300.